The standard InChI is InChI=1S/C13H24O/c1-4-13(5-2)10-6-8-12(3)9-7-11-14/h9-10,14H,4-8,11H2,1-3H3/b12-9+. The fraction of sp³-hybridized carbons (Fsp3) is 0.692. The van der Waals surface area contributed by atoms with Gasteiger partial charge in [-0.3, -0.25) is 0 Å². The smallest absolute Gasteiger partial charge is 0.0465 e. The Hall–Kier alpha value is -0.560. The van der Waals surface area contributed by atoms with E-state index in [0.717, 1.165) is 19.3 Å². The molecule has 0 fully saturated rings. The van der Waals surface area contributed by atoms with E-state index in [1.165, 1.54) is 18.4 Å². The second-order valence-corrected chi connectivity index (χ2v) is 3.67. The molecule has 1 heteroatoms. The first-order valence-corrected chi connectivity index (χ1v) is 5.68. The maximum Gasteiger partial charge on any atom is 0.0465 e. The maximum atomic E-state index is 8.65. The van der Waals surface area contributed by atoms with Gasteiger partial charge in [0.25, 0.3) is 0 Å². The van der Waals surface area contributed by atoms with E-state index in [-0.39, 0.29) is 6.61 Å². The number of allylic oxidation sites excluding steroid dienone is 3. The Kier molecular flexibility index (Phi) is 8.65. The first-order valence-electron chi connectivity index (χ1n) is 5.68. The average Bonchev–Trinajstić information content (AvgIpc) is 2.21. The predicted octanol–water partition coefficient (Wildman–Crippen LogP) is 3.84. The Bertz CT molecular complexity index is 183. The molecule has 0 aliphatic carbocycles. The van der Waals surface area contributed by atoms with E-state index >= 15 is 0 Å². The summed E-state index contributed by atoms with van der Waals surface area (Å²) in [5.41, 5.74) is 2.95. The molecule has 14 heavy (non-hydrogen) atoms. The van der Waals surface area contributed by atoms with Crippen LogP contribution in [-0.2, 0) is 0 Å². The van der Waals surface area contributed by atoms with Crippen molar-refractivity contribution in [2.24, 2.45) is 0 Å². The van der Waals surface area contributed by atoms with E-state index in [1.54, 1.807) is 5.57 Å². The number of rotatable bonds is 7. The Morgan fingerprint density at radius 1 is 1.07 bits per heavy atom. The van der Waals surface area contributed by atoms with E-state index in [0.29, 0.717) is 0 Å². The highest BCUT2D eigenvalue weighted by Gasteiger charge is 1.91. The normalized spacial score (nSPS) is 11.6. The Balaban J connectivity index is 3.76. The molecule has 0 saturated heterocycles. The lowest BCUT2D eigenvalue weighted by atomic mass is 10.1. The summed E-state index contributed by atoms with van der Waals surface area (Å²) in [5, 5.41) is 8.65. The fourth-order valence-corrected chi connectivity index (χ4v) is 1.46. The molecular formula is C13H24O. The lowest BCUT2D eigenvalue weighted by molar-refractivity contribution is 0.302. The molecule has 0 aromatic carbocycles. The largest absolute Gasteiger partial charge is 0.396 e. The first-order chi connectivity index (χ1) is 6.74. The van der Waals surface area contributed by atoms with Crippen LogP contribution in [0, 0.1) is 0 Å². The highest BCUT2D eigenvalue weighted by Crippen LogP contribution is 2.11. The monoisotopic (exact) mass is 196 g/mol. The second-order valence-electron chi connectivity index (χ2n) is 3.67. The van der Waals surface area contributed by atoms with E-state index in [9.17, 15) is 0 Å². The molecule has 82 valence electrons. The van der Waals surface area contributed by atoms with Gasteiger partial charge in [-0.15, -0.1) is 0 Å². The van der Waals surface area contributed by atoms with Crippen molar-refractivity contribution in [2.75, 3.05) is 6.61 Å². The lowest BCUT2D eigenvalue weighted by Gasteiger charge is -2.01. The van der Waals surface area contributed by atoms with Gasteiger partial charge in [-0.2, -0.15) is 0 Å². The quantitative estimate of drug-likeness (QED) is 0.613. The van der Waals surface area contributed by atoms with Crippen LogP contribution >= 0.6 is 0 Å². The van der Waals surface area contributed by atoms with Crippen molar-refractivity contribution in [3.63, 3.8) is 0 Å². The molecule has 0 aliphatic rings. The summed E-state index contributed by atoms with van der Waals surface area (Å²) >= 11 is 0. The SMILES string of the molecule is CCC(=CCC/C(C)=C/CCO)CC. The van der Waals surface area contributed by atoms with Crippen LogP contribution in [0.2, 0.25) is 0 Å². The van der Waals surface area contributed by atoms with Gasteiger partial charge in [0, 0.05) is 6.61 Å². The molecule has 0 radical (unpaired) electrons. The Morgan fingerprint density at radius 2 is 1.71 bits per heavy atom. The Labute approximate surface area is 88.5 Å². The van der Waals surface area contributed by atoms with Crippen LogP contribution in [0.15, 0.2) is 23.3 Å². The van der Waals surface area contributed by atoms with E-state index in [1.807, 2.05) is 0 Å². The van der Waals surface area contributed by atoms with Crippen LogP contribution in [0.25, 0.3) is 0 Å². The average molecular weight is 196 g/mol. The summed E-state index contributed by atoms with van der Waals surface area (Å²) in [4.78, 5) is 0. The summed E-state index contributed by atoms with van der Waals surface area (Å²) in [6.45, 7) is 6.83. The minimum atomic E-state index is 0.266. The molecular weight excluding hydrogens is 172 g/mol. The van der Waals surface area contributed by atoms with Gasteiger partial charge in [0.15, 0.2) is 0 Å². The van der Waals surface area contributed by atoms with Gasteiger partial charge in [-0.05, 0) is 39.0 Å². The molecule has 0 aliphatic heterocycles. The van der Waals surface area contributed by atoms with Gasteiger partial charge in [-0.25, -0.2) is 0 Å². The summed E-state index contributed by atoms with van der Waals surface area (Å²) in [6.07, 6.45) is 9.91. The molecule has 1 nitrogen and oxygen atoms in total. The zero-order chi connectivity index (χ0) is 10.8. The van der Waals surface area contributed by atoms with Gasteiger partial charge in [0.05, 0.1) is 0 Å². The number of hydrogen-bond donors (Lipinski definition) is 1. The van der Waals surface area contributed by atoms with Crippen molar-refractivity contribution in [1.82, 2.24) is 0 Å². The van der Waals surface area contributed by atoms with Crippen molar-refractivity contribution in [3.8, 4) is 0 Å². The molecule has 0 bridgehead atoms. The molecule has 0 aromatic heterocycles. The van der Waals surface area contributed by atoms with Crippen molar-refractivity contribution < 1.29 is 5.11 Å². The third kappa shape index (κ3) is 6.90. The number of hydrogen-bond acceptors (Lipinski definition) is 1. The van der Waals surface area contributed by atoms with E-state index in [2.05, 4.69) is 32.9 Å². The summed E-state index contributed by atoms with van der Waals surface area (Å²) in [7, 11) is 0. The molecule has 1 N–H and O–H groups in total. The topological polar surface area (TPSA) is 20.2 Å². The zero-order valence-corrected chi connectivity index (χ0v) is 9.84. The molecule has 0 amide bonds. The molecule has 0 saturated carbocycles. The minimum absolute atomic E-state index is 0.266. The minimum Gasteiger partial charge on any atom is -0.396 e. The molecule has 0 atom stereocenters. The van der Waals surface area contributed by atoms with E-state index < -0.39 is 0 Å². The van der Waals surface area contributed by atoms with Crippen molar-refractivity contribution >= 4 is 0 Å². The number of aliphatic hydroxyl groups excluding tert-OH is 1. The number of aliphatic hydroxyl groups is 1. The third-order valence-corrected chi connectivity index (χ3v) is 2.50. The van der Waals surface area contributed by atoms with Crippen LogP contribution in [-0.4, -0.2) is 11.7 Å². The van der Waals surface area contributed by atoms with Gasteiger partial charge < -0.3 is 5.11 Å². The molecule has 0 spiro atoms. The zero-order valence-electron chi connectivity index (χ0n) is 9.84. The lowest BCUT2D eigenvalue weighted by Crippen LogP contribution is -1.83. The second kappa shape index (κ2) is 9.01. The third-order valence-electron chi connectivity index (χ3n) is 2.50. The van der Waals surface area contributed by atoms with Gasteiger partial charge >= 0.3 is 0 Å². The fourth-order valence-electron chi connectivity index (χ4n) is 1.46. The molecule has 0 rings (SSSR count). The summed E-state index contributed by atoms with van der Waals surface area (Å²) in [6, 6.07) is 0. The molecule has 0 heterocycles. The highest BCUT2D eigenvalue weighted by molar-refractivity contribution is 5.04. The highest BCUT2D eigenvalue weighted by atomic mass is 16.2. The van der Waals surface area contributed by atoms with Crippen LogP contribution in [0.4, 0.5) is 0 Å². The van der Waals surface area contributed by atoms with Crippen molar-refractivity contribution in [3.05, 3.63) is 23.3 Å². The van der Waals surface area contributed by atoms with Crippen LogP contribution in [0.5, 0.6) is 0 Å². The van der Waals surface area contributed by atoms with Gasteiger partial charge in [-0.1, -0.05) is 37.1 Å². The summed E-state index contributed by atoms with van der Waals surface area (Å²) in [5.74, 6) is 0. The van der Waals surface area contributed by atoms with Gasteiger partial charge in [0.1, 0.15) is 0 Å². The van der Waals surface area contributed by atoms with Gasteiger partial charge in [0.2, 0.25) is 0 Å². The van der Waals surface area contributed by atoms with Crippen LogP contribution < -0.4 is 0 Å². The van der Waals surface area contributed by atoms with Crippen LogP contribution in [0.3, 0.4) is 0 Å². The predicted molar refractivity (Wildman–Crippen MR) is 63.4 cm³/mol. The van der Waals surface area contributed by atoms with E-state index in [4.69, 9.17) is 5.11 Å². The Morgan fingerprint density at radius 3 is 2.21 bits per heavy atom. The molecule has 0 aromatic rings. The summed E-state index contributed by atoms with van der Waals surface area (Å²) < 4.78 is 0. The van der Waals surface area contributed by atoms with Crippen LogP contribution in [0.1, 0.15) is 52.9 Å². The maximum absolute atomic E-state index is 8.65. The van der Waals surface area contributed by atoms with Crippen molar-refractivity contribution in [1.29, 1.82) is 0 Å². The first kappa shape index (κ1) is 13.4. The molecule has 0 unspecified atom stereocenters. The van der Waals surface area contributed by atoms with Crippen molar-refractivity contribution in [2.45, 2.75) is 52.9 Å².